The third-order valence-corrected chi connectivity index (χ3v) is 6.13. The molecule has 4 rings (SSSR count). The molecule has 152 valence electrons. The van der Waals surface area contributed by atoms with Crippen molar-refractivity contribution in [3.8, 4) is 5.69 Å². The molecule has 0 radical (unpaired) electrons. The SMILES string of the molecule is CC(C)c1csc(CN2CCC[C@H](C(=O)Nc3cccc(-n4cccn4)c3)C2)n1. The number of thiazole rings is 1. The van der Waals surface area contributed by atoms with Crippen LogP contribution in [0.3, 0.4) is 0 Å². The molecule has 1 aliphatic rings. The Morgan fingerprint density at radius 1 is 1.34 bits per heavy atom. The highest BCUT2D eigenvalue weighted by atomic mass is 32.1. The van der Waals surface area contributed by atoms with Crippen LogP contribution in [-0.4, -0.2) is 38.7 Å². The summed E-state index contributed by atoms with van der Waals surface area (Å²) in [7, 11) is 0. The highest BCUT2D eigenvalue weighted by molar-refractivity contribution is 7.09. The Morgan fingerprint density at radius 3 is 3.00 bits per heavy atom. The van der Waals surface area contributed by atoms with Crippen LogP contribution in [0.1, 0.15) is 43.3 Å². The number of hydrogen-bond acceptors (Lipinski definition) is 5. The van der Waals surface area contributed by atoms with Gasteiger partial charge in [0.25, 0.3) is 0 Å². The van der Waals surface area contributed by atoms with E-state index in [9.17, 15) is 4.79 Å². The number of benzene rings is 1. The summed E-state index contributed by atoms with van der Waals surface area (Å²) in [4.78, 5) is 20.0. The number of rotatable bonds is 6. The zero-order chi connectivity index (χ0) is 20.2. The lowest BCUT2D eigenvalue weighted by atomic mass is 9.97. The number of nitrogens with zero attached hydrogens (tertiary/aromatic N) is 4. The number of piperidine rings is 1. The van der Waals surface area contributed by atoms with Crippen molar-refractivity contribution in [2.75, 3.05) is 18.4 Å². The predicted octanol–water partition coefficient (Wildman–Crippen LogP) is 4.30. The molecule has 2 aromatic heterocycles. The van der Waals surface area contributed by atoms with E-state index in [0.717, 1.165) is 54.6 Å². The zero-order valence-corrected chi connectivity index (χ0v) is 17.7. The smallest absolute Gasteiger partial charge is 0.228 e. The number of nitrogens with one attached hydrogen (secondary N) is 1. The van der Waals surface area contributed by atoms with Crippen LogP contribution >= 0.6 is 11.3 Å². The summed E-state index contributed by atoms with van der Waals surface area (Å²) in [6, 6.07) is 9.68. The summed E-state index contributed by atoms with van der Waals surface area (Å²) in [5.41, 5.74) is 2.90. The van der Waals surface area contributed by atoms with Crippen molar-refractivity contribution >= 4 is 22.9 Å². The van der Waals surface area contributed by atoms with Gasteiger partial charge in [-0.3, -0.25) is 9.69 Å². The van der Waals surface area contributed by atoms with Gasteiger partial charge in [-0.15, -0.1) is 11.3 Å². The fraction of sp³-hybridized carbons (Fsp3) is 0.409. The Kier molecular flexibility index (Phi) is 6.06. The quantitative estimate of drug-likeness (QED) is 0.659. The van der Waals surface area contributed by atoms with Gasteiger partial charge in [-0.1, -0.05) is 19.9 Å². The molecule has 7 heteroatoms. The molecule has 6 nitrogen and oxygen atoms in total. The fourth-order valence-electron chi connectivity index (χ4n) is 3.66. The zero-order valence-electron chi connectivity index (χ0n) is 16.9. The maximum absolute atomic E-state index is 12.9. The van der Waals surface area contributed by atoms with Gasteiger partial charge < -0.3 is 5.32 Å². The lowest BCUT2D eigenvalue weighted by molar-refractivity contribution is -0.121. The van der Waals surface area contributed by atoms with E-state index in [1.54, 1.807) is 22.2 Å². The third kappa shape index (κ3) is 4.92. The van der Waals surface area contributed by atoms with Crippen LogP contribution in [0.15, 0.2) is 48.1 Å². The Labute approximate surface area is 175 Å². The molecule has 1 aliphatic heterocycles. The Hall–Kier alpha value is -2.51. The molecule has 0 aliphatic carbocycles. The van der Waals surface area contributed by atoms with Crippen LogP contribution in [-0.2, 0) is 11.3 Å². The Morgan fingerprint density at radius 2 is 2.24 bits per heavy atom. The highest BCUT2D eigenvalue weighted by Gasteiger charge is 2.26. The lowest BCUT2D eigenvalue weighted by Gasteiger charge is -2.31. The van der Waals surface area contributed by atoms with Gasteiger partial charge in [0, 0.05) is 30.0 Å². The molecule has 1 amide bonds. The summed E-state index contributed by atoms with van der Waals surface area (Å²) in [5, 5.41) is 10.6. The normalized spacial score (nSPS) is 17.6. The van der Waals surface area contributed by atoms with Crippen molar-refractivity contribution in [1.82, 2.24) is 19.7 Å². The van der Waals surface area contributed by atoms with Gasteiger partial charge in [-0.05, 0) is 49.6 Å². The molecule has 0 saturated carbocycles. The van der Waals surface area contributed by atoms with Gasteiger partial charge in [0.15, 0.2) is 0 Å². The Bertz CT molecular complexity index is 950. The number of likely N-dealkylation sites (tertiary alicyclic amines) is 1. The van der Waals surface area contributed by atoms with Crippen molar-refractivity contribution in [1.29, 1.82) is 0 Å². The number of aromatic nitrogens is 3. The van der Waals surface area contributed by atoms with Gasteiger partial charge in [0.1, 0.15) is 5.01 Å². The minimum Gasteiger partial charge on any atom is -0.326 e. The van der Waals surface area contributed by atoms with E-state index in [1.807, 2.05) is 36.5 Å². The first-order valence-electron chi connectivity index (χ1n) is 10.2. The third-order valence-electron chi connectivity index (χ3n) is 5.28. The molecule has 1 fully saturated rings. The molecular formula is C22H27N5OS. The highest BCUT2D eigenvalue weighted by Crippen LogP contribution is 2.24. The summed E-state index contributed by atoms with van der Waals surface area (Å²) in [6.45, 7) is 6.97. The minimum absolute atomic E-state index is 0.00152. The van der Waals surface area contributed by atoms with Crippen LogP contribution in [0.5, 0.6) is 0 Å². The Balaban J connectivity index is 1.37. The lowest BCUT2D eigenvalue weighted by Crippen LogP contribution is -2.40. The average Bonchev–Trinajstić information content (AvgIpc) is 3.41. The van der Waals surface area contributed by atoms with Crippen LogP contribution in [0.4, 0.5) is 5.69 Å². The number of carbonyl (C=O) groups excluding carboxylic acids is 1. The van der Waals surface area contributed by atoms with Crippen LogP contribution < -0.4 is 5.32 Å². The number of hydrogen-bond donors (Lipinski definition) is 1. The van der Waals surface area contributed by atoms with E-state index in [4.69, 9.17) is 4.98 Å². The summed E-state index contributed by atoms with van der Waals surface area (Å²) >= 11 is 1.72. The van der Waals surface area contributed by atoms with E-state index in [1.165, 1.54) is 0 Å². The molecule has 29 heavy (non-hydrogen) atoms. The predicted molar refractivity (Wildman–Crippen MR) is 116 cm³/mol. The standard InChI is InChI=1S/C22H27N5OS/c1-16(2)20-15-29-21(25-20)14-26-10-4-6-17(13-26)22(28)24-18-7-3-8-19(12-18)27-11-5-9-23-27/h3,5,7-9,11-12,15-17H,4,6,10,13-14H2,1-2H3,(H,24,28)/t17-/m0/s1. The average molecular weight is 410 g/mol. The summed E-state index contributed by atoms with van der Waals surface area (Å²) < 4.78 is 1.79. The maximum Gasteiger partial charge on any atom is 0.228 e. The molecular weight excluding hydrogens is 382 g/mol. The number of anilines is 1. The summed E-state index contributed by atoms with van der Waals surface area (Å²) in [5.74, 6) is 0.549. The molecule has 1 saturated heterocycles. The van der Waals surface area contributed by atoms with Crippen molar-refractivity contribution in [3.05, 3.63) is 58.8 Å². The van der Waals surface area contributed by atoms with E-state index in [0.29, 0.717) is 5.92 Å². The summed E-state index contributed by atoms with van der Waals surface area (Å²) in [6.07, 6.45) is 5.60. The van der Waals surface area contributed by atoms with Crippen molar-refractivity contribution < 1.29 is 4.79 Å². The van der Waals surface area contributed by atoms with Gasteiger partial charge in [-0.2, -0.15) is 5.10 Å². The van der Waals surface area contributed by atoms with Crippen LogP contribution in [0.2, 0.25) is 0 Å². The van der Waals surface area contributed by atoms with E-state index >= 15 is 0 Å². The van der Waals surface area contributed by atoms with Gasteiger partial charge in [0.2, 0.25) is 5.91 Å². The van der Waals surface area contributed by atoms with Gasteiger partial charge in [0.05, 0.1) is 23.8 Å². The molecule has 0 unspecified atom stereocenters. The number of amides is 1. The number of carbonyl (C=O) groups is 1. The monoisotopic (exact) mass is 409 g/mol. The van der Waals surface area contributed by atoms with Gasteiger partial charge >= 0.3 is 0 Å². The van der Waals surface area contributed by atoms with Gasteiger partial charge in [-0.25, -0.2) is 9.67 Å². The molecule has 1 atom stereocenters. The first-order chi connectivity index (χ1) is 14.1. The van der Waals surface area contributed by atoms with Crippen molar-refractivity contribution in [3.63, 3.8) is 0 Å². The van der Waals surface area contributed by atoms with Crippen molar-refractivity contribution in [2.45, 2.75) is 39.2 Å². The minimum atomic E-state index is 0.00152. The molecule has 0 bridgehead atoms. The van der Waals surface area contributed by atoms with E-state index in [2.05, 4.69) is 34.5 Å². The second-order valence-electron chi connectivity index (χ2n) is 7.89. The van der Waals surface area contributed by atoms with Crippen LogP contribution in [0, 0.1) is 5.92 Å². The largest absolute Gasteiger partial charge is 0.326 e. The van der Waals surface area contributed by atoms with E-state index in [-0.39, 0.29) is 11.8 Å². The van der Waals surface area contributed by atoms with E-state index < -0.39 is 0 Å². The van der Waals surface area contributed by atoms with Crippen molar-refractivity contribution in [2.24, 2.45) is 5.92 Å². The van der Waals surface area contributed by atoms with Crippen LogP contribution in [0.25, 0.3) is 5.69 Å². The second-order valence-corrected chi connectivity index (χ2v) is 8.83. The molecule has 3 aromatic rings. The molecule has 1 N–H and O–H groups in total. The topological polar surface area (TPSA) is 63.1 Å². The fourth-order valence-corrected chi connectivity index (χ4v) is 4.66. The second kappa shape index (κ2) is 8.88. The maximum atomic E-state index is 12.9. The molecule has 0 spiro atoms. The first-order valence-corrected chi connectivity index (χ1v) is 11.0. The molecule has 3 heterocycles. The first kappa shape index (κ1) is 19.8. The molecule has 1 aromatic carbocycles.